The highest BCUT2D eigenvalue weighted by molar-refractivity contribution is 5.92. The molecule has 1 aromatic rings. The fraction of sp³-hybridized carbons (Fsp3) is 0.364. The van der Waals surface area contributed by atoms with E-state index in [4.69, 9.17) is 0 Å². The minimum atomic E-state index is -0.645. The molecule has 0 fully saturated rings. The number of anilines is 1. The van der Waals surface area contributed by atoms with Gasteiger partial charge in [-0.3, -0.25) is 9.69 Å². The summed E-state index contributed by atoms with van der Waals surface area (Å²) < 4.78 is 26.0. The van der Waals surface area contributed by atoms with E-state index in [1.165, 1.54) is 0 Å². The second-order valence-corrected chi connectivity index (χ2v) is 3.50. The molecule has 3 nitrogen and oxygen atoms in total. The summed E-state index contributed by atoms with van der Waals surface area (Å²) in [6, 6.07) is 2.94. The van der Waals surface area contributed by atoms with Crippen LogP contribution in [0.25, 0.3) is 0 Å². The van der Waals surface area contributed by atoms with Gasteiger partial charge < -0.3 is 5.32 Å². The van der Waals surface area contributed by atoms with Gasteiger partial charge >= 0.3 is 0 Å². The van der Waals surface area contributed by atoms with Gasteiger partial charge in [-0.2, -0.15) is 0 Å². The van der Waals surface area contributed by atoms with Gasteiger partial charge in [-0.1, -0.05) is 6.92 Å². The third-order valence-corrected chi connectivity index (χ3v) is 2.16. The number of hydrogen-bond donors (Lipinski definition) is 1. The second-order valence-electron chi connectivity index (χ2n) is 3.50. The average molecular weight is 228 g/mol. The normalized spacial score (nSPS) is 10.6. The lowest BCUT2D eigenvalue weighted by atomic mass is 10.3. The van der Waals surface area contributed by atoms with Crippen LogP contribution in [0.4, 0.5) is 14.5 Å². The van der Waals surface area contributed by atoms with Crippen LogP contribution in [0.3, 0.4) is 0 Å². The van der Waals surface area contributed by atoms with Gasteiger partial charge in [0.1, 0.15) is 11.6 Å². The number of benzene rings is 1. The standard InChI is InChI=1S/C11H14F2N2O/c1-3-15(2)7-11(16)14-10-6-8(12)4-5-9(10)13/h4-6H,3,7H2,1-2H3,(H,14,16). The first-order chi connectivity index (χ1) is 7.52. The summed E-state index contributed by atoms with van der Waals surface area (Å²) in [6.07, 6.45) is 0. The second kappa shape index (κ2) is 5.55. The Bertz CT molecular complexity index is 382. The zero-order valence-electron chi connectivity index (χ0n) is 9.26. The van der Waals surface area contributed by atoms with Crippen LogP contribution in [-0.4, -0.2) is 30.9 Å². The Morgan fingerprint density at radius 1 is 1.44 bits per heavy atom. The molecule has 0 unspecified atom stereocenters. The Balaban J connectivity index is 2.65. The monoisotopic (exact) mass is 228 g/mol. The molecule has 0 heterocycles. The van der Waals surface area contributed by atoms with Crippen molar-refractivity contribution in [3.8, 4) is 0 Å². The largest absolute Gasteiger partial charge is 0.322 e. The van der Waals surface area contributed by atoms with Crippen molar-refractivity contribution in [2.75, 3.05) is 25.5 Å². The van der Waals surface area contributed by atoms with Gasteiger partial charge in [-0.15, -0.1) is 0 Å². The van der Waals surface area contributed by atoms with E-state index >= 15 is 0 Å². The Morgan fingerprint density at radius 2 is 2.12 bits per heavy atom. The molecule has 0 radical (unpaired) electrons. The number of likely N-dealkylation sites (N-methyl/N-ethyl adjacent to an activating group) is 1. The minimum absolute atomic E-state index is 0.130. The predicted octanol–water partition coefficient (Wildman–Crippen LogP) is 1.85. The Hall–Kier alpha value is -1.49. The molecule has 0 saturated heterocycles. The summed E-state index contributed by atoms with van der Waals surface area (Å²) in [7, 11) is 1.77. The first-order valence-electron chi connectivity index (χ1n) is 4.96. The predicted molar refractivity (Wildman–Crippen MR) is 58.2 cm³/mol. The third-order valence-electron chi connectivity index (χ3n) is 2.16. The van der Waals surface area contributed by atoms with Gasteiger partial charge in [0.05, 0.1) is 12.2 Å². The van der Waals surface area contributed by atoms with Crippen molar-refractivity contribution in [2.45, 2.75) is 6.92 Å². The zero-order valence-corrected chi connectivity index (χ0v) is 9.26. The van der Waals surface area contributed by atoms with Crippen LogP contribution in [0.15, 0.2) is 18.2 Å². The van der Waals surface area contributed by atoms with E-state index in [1.807, 2.05) is 6.92 Å². The molecule has 0 atom stereocenters. The van der Waals surface area contributed by atoms with Crippen molar-refractivity contribution in [1.29, 1.82) is 0 Å². The Labute approximate surface area is 93.1 Å². The topological polar surface area (TPSA) is 32.3 Å². The lowest BCUT2D eigenvalue weighted by molar-refractivity contribution is -0.117. The number of nitrogens with one attached hydrogen (secondary N) is 1. The first-order valence-corrected chi connectivity index (χ1v) is 4.96. The van der Waals surface area contributed by atoms with E-state index in [9.17, 15) is 13.6 Å². The number of halogens is 2. The van der Waals surface area contributed by atoms with Crippen LogP contribution in [0.2, 0.25) is 0 Å². The van der Waals surface area contributed by atoms with Crippen molar-refractivity contribution in [1.82, 2.24) is 4.90 Å². The van der Waals surface area contributed by atoms with Gasteiger partial charge in [0.2, 0.25) is 5.91 Å². The van der Waals surface area contributed by atoms with Crippen molar-refractivity contribution >= 4 is 11.6 Å². The lowest BCUT2D eigenvalue weighted by Crippen LogP contribution is -2.30. The zero-order chi connectivity index (χ0) is 12.1. The minimum Gasteiger partial charge on any atom is -0.322 e. The smallest absolute Gasteiger partial charge is 0.238 e. The summed E-state index contributed by atoms with van der Waals surface area (Å²) in [4.78, 5) is 13.2. The van der Waals surface area contributed by atoms with E-state index in [0.29, 0.717) is 6.54 Å². The molecule has 5 heteroatoms. The molecule has 0 aromatic heterocycles. The number of amides is 1. The van der Waals surface area contributed by atoms with Crippen molar-refractivity contribution < 1.29 is 13.6 Å². The maximum absolute atomic E-state index is 13.2. The van der Waals surface area contributed by atoms with E-state index in [-0.39, 0.29) is 18.1 Å². The molecule has 0 aliphatic carbocycles. The molecular weight excluding hydrogens is 214 g/mol. The van der Waals surface area contributed by atoms with E-state index in [2.05, 4.69) is 5.32 Å². The number of carbonyl (C=O) groups excluding carboxylic acids is 1. The van der Waals surface area contributed by atoms with Crippen LogP contribution in [0.5, 0.6) is 0 Å². The van der Waals surface area contributed by atoms with Gasteiger partial charge in [0, 0.05) is 6.07 Å². The molecule has 0 bridgehead atoms. The number of carbonyl (C=O) groups is 1. The molecule has 0 spiro atoms. The van der Waals surface area contributed by atoms with Crippen molar-refractivity contribution in [3.63, 3.8) is 0 Å². The summed E-state index contributed by atoms with van der Waals surface area (Å²) in [6.45, 7) is 2.75. The number of rotatable bonds is 4. The quantitative estimate of drug-likeness (QED) is 0.853. The Morgan fingerprint density at radius 3 is 2.75 bits per heavy atom. The van der Waals surface area contributed by atoms with Crippen molar-refractivity contribution in [2.24, 2.45) is 0 Å². The van der Waals surface area contributed by atoms with Gasteiger partial charge in [0.15, 0.2) is 0 Å². The van der Waals surface area contributed by atoms with Crippen molar-refractivity contribution in [3.05, 3.63) is 29.8 Å². The molecule has 1 amide bonds. The third kappa shape index (κ3) is 3.58. The molecule has 1 aromatic carbocycles. The van der Waals surface area contributed by atoms with Crippen LogP contribution >= 0.6 is 0 Å². The summed E-state index contributed by atoms with van der Waals surface area (Å²) in [5.74, 6) is -1.59. The SMILES string of the molecule is CCN(C)CC(=O)Nc1cc(F)ccc1F. The van der Waals surface area contributed by atoms with E-state index in [1.54, 1.807) is 11.9 Å². The summed E-state index contributed by atoms with van der Waals surface area (Å²) in [5.41, 5.74) is -0.130. The van der Waals surface area contributed by atoms with Gasteiger partial charge in [-0.05, 0) is 25.7 Å². The highest BCUT2D eigenvalue weighted by Gasteiger charge is 2.09. The van der Waals surface area contributed by atoms with E-state index in [0.717, 1.165) is 18.2 Å². The maximum atomic E-state index is 13.2. The Kier molecular flexibility index (Phi) is 4.37. The van der Waals surface area contributed by atoms with Gasteiger partial charge in [-0.25, -0.2) is 8.78 Å². The average Bonchev–Trinajstić information content (AvgIpc) is 2.23. The van der Waals surface area contributed by atoms with Crippen LogP contribution in [-0.2, 0) is 4.79 Å². The molecule has 0 saturated carbocycles. The molecule has 88 valence electrons. The number of hydrogen-bond acceptors (Lipinski definition) is 2. The van der Waals surface area contributed by atoms with E-state index < -0.39 is 11.6 Å². The van der Waals surface area contributed by atoms with Crippen LogP contribution in [0, 0.1) is 11.6 Å². The highest BCUT2D eigenvalue weighted by atomic mass is 19.1. The summed E-state index contributed by atoms with van der Waals surface area (Å²) in [5, 5.41) is 2.32. The molecular formula is C11H14F2N2O. The van der Waals surface area contributed by atoms with Crippen LogP contribution in [0.1, 0.15) is 6.92 Å². The molecule has 0 aliphatic heterocycles. The molecule has 1 N–H and O–H groups in total. The van der Waals surface area contributed by atoms with Crippen LogP contribution < -0.4 is 5.32 Å². The molecule has 0 aliphatic rings. The molecule has 1 rings (SSSR count). The fourth-order valence-corrected chi connectivity index (χ4v) is 1.14. The fourth-order valence-electron chi connectivity index (χ4n) is 1.14. The maximum Gasteiger partial charge on any atom is 0.238 e. The molecule has 16 heavy (non-hydrogen) atoms. The summed E-state index contributed by atoms with van der Waals surface area (Å²) >= 11 is 0. The van der Waals surface area contributed by atoms with Gasteiger partial charge in [0.25, 0.3) is 0 Å². The number of nitrogens with zero attached hydrogens (tertiary/aromatic N) is 1. The first kappa shape index (κ1) is 12.6. The highest BCUT2D eigenvalue weighted by Crippen LogP contribution is 2.14. The lowest BCUT2D eigenvalue weighted by Gasteiger charge is -2.13.